The van der Waals surface area contributed by atoms with Crippen molar-refractivity contribution < 1.29 is 9.53 Å². The van der Waals surface area contributed by atoms with Gasteiger partial charge in [-0.15, -0.1) is 11.3 Å². The Bertz CT molecular complexity index is 1130. The van der Waals surface area contributed by atoms with Crippen LogP contribution in [0.1, 0.15) is 20.8 Å². The number of thiophene rings is 1. The van der Waals surface area contributed by atoms with Crippen LogP contribution in [0.4, 0.5) is 5.82 Å². The Hall–Kier alpha value is -3.88. The van der Waals surface area contributed by atoms with Gasteiger partial charge >= 0.3 is 5.97 Å². The summed E-state index contributed by atoms with van der Waals surface area (Å²) < 4.78 is 5.32. The number of anilines is 1. The highest BCUT2D eigenvalue weighted by Gasteiger charge is 2.19. The monoisotopic (exact) mass is 362 g/mol. The minimum Gasteiger partial charge on any atom is -0.422 e. The number of H-pyrrole nitrogens is 1. The lowest BCUT2D eigenvalue weighted by Crippen LogP contribution is -2.16. The van der Waals surface area contributed by atoms with Gasteiger partial charge in [0.15, 0.2) is 0 Å². The zero-order valence-electron chi connectivity index (χ0n) is 13.1. The molecule has 1 aromatic carbocycles. The van der Waals surface area contributed by atoms with Crippen LogP contribution in [0.2, 0.25) is 0 Å². The average Bonchev–Trinajstić information content (AvgIpc) is 3.16. The second-order valence-electron chi connectivity index (χ2n) is 5.11. The number of esters is 1. The predicted molar refractivity (Wildman–Crippen MR) is 95.6 cm³/mol. The lowest BCUT2D eigenvalue weighted by atomic mass is 9.96. The number of aromatic amines is 1. The first kappa shape index (κ1) is 17.0. The fourth-order valence-electron chi connectivity index (χ4n) is 2.40. The summed E-state index contributed by atoms with van der Waals surface area (Å²) in [4.78, 5) is 26.8. The van der Waals surface area contributed by atoms with Crippen LogP contribution in [-0.2, 0) is 0 Å². The van der Waals surface area contributed by atoms with Crippen LogP contribution in [0.15, 0.2) is 46.6 Å². The highest BCUT2D eigenvalue weighted by molar-refractivity contribution is 7.12. The molecule has 126 valence electrons. The highest BCUT2D eigenvalue weighted by atomic mass is 32.1. The standard InChI is InChI=1S/C18H10N4O3S/c19-8-12-15(13(9-20)17(23)22-16(12)21)10-3-1-4-11(7-10)25-18(24)14-5-2-6-26-14/h1-7H,(H3,21,22,23). The molecular formula is C18H10N4O3S. The second-order valence-corrected chi connectivity index (χ2v) is 6.06. The Kier molecular flexibility index (Phi) is 4.52. The van der Waals surface area contributed by atoms with Crippen molar-refractivity contribution in [3.8, 4) is 29.0 Å². The molecule has 3 N–H and O–H groups in total. The zero-order valence-corrected chi connectivity index (χ0v) is 14.0. The first-order chi connectivity index (χ1) is 12.5. The third-order valence-electron chi connectivity index (χ3n) is 3.52. The van der Waals surface area contributed by atoms with E-state index in [1.54, 1.807) is 41.8 Å². The van der Waals surface area contributed by atoms with Crippen molar-refractivity contribution in [1.82, 2.24) is 4.98 Å². The van der Waals surface area contributed by atoms with Crippen molar-refractivity contribution in [2.75, 3.05) is 5.73 Å². The van der Waals surface area contributed by atoms with Gasteiger partial charge in [0.05, 0.1) is 0 Å². The largest absolute Gasteiger partial charge is 0.422 e. The van der Waals surface area contributed by atoms with E-state index in [2.05, 4.69) is 4.98 Å². The van der Waals surface area contributed by atoms with E-state index < -0.39 is 11.5 Å². The molecule has 0 aliphatic heterocycles. The van der Waals surface area contributed by atoms with Gasteiger partial charge in [-0.25, -0.2) is 4.79 Å². The summed E-state index contributed by atoms with van der Waals surface area (Å²) in [6.07, 6.45) is 0. The maximum absolute atomic E-state index is 12.1. The van der Waals surface area contributed by atoms with Crippen LogP contribution in [0.3, 0.4) is 0 Å². The molecule has 2 aromatic heterocycles. The van der Waals surface area contributed by atoms with Gasteiger partial charge in [0.25, 0.3) is 5.56 Å². The number of ether oxygens (including phenoxy) is 1. The van der Waals surface area contributed by atoms with Crippen molar-refractivity contribution in [3.05, 3.63) is 68.1 Å². The summed E-state index contributed by atoms with van der Waals surface area (Å²) in [6.45, 7) is 0. The molecule has 0 aliphatic rings. The van der Waals surface area contributed by atoms with Crippen LogP contribution >= 0.6 is 11.3 Å². The van der Waals surface area contributed by atoms with E-state index in [-0.39, 0.29) is 28.3 Å². The smallest absolute Gasteiger partial charge is 0.353 e. The normalized spacial score (nSPS) is 9.92. The number of nitrogens with two attached hydrogens (primary N) is 1. The summed E-state index contributed by atoms with van der Waals surface area (Å²) in [5.41, 5.74) is 5.22. The Labute approximate surface area is 151 Å². The van der Waals surface area contributed by atoms with Gasteiger partial charge in [-0.3, -0.25) is 4.79 Å². The van der Waals surface area contributed by atoms with E-state index in [0.717, 1.165) is 0 Å². The second kappa shape index (κ2) is 6.93. The Morgan fingerprint density at radius 2 is 1.92 bits per heavy atom. The molecule has 0 amide bonds. The summed E-state index contributed by atoms with van der Waals surface area (Å²) in [7, 11) is 0. The molecule has 7 nitrogen and oxygen atoms in total. The molecule has 0 bridgehead atoms. The quantitative estimate of drug-likeness (QED) is 0.543. The first-order valence-corrected chi connectivity index (χ1v) is 8.15. The lowest BCUT2D eigenvalue weighted by Gasteiger charge is -2.10. The maximum atomic E-state index is 12.1. The van der Waals surface area contributed by atoms with Crippen LogP contribution in [-0.4, -0.2) is 11.0 Å². The Morgan fingerprint density at radius 1 is 1.15 bits per heavy atom. The minimum atomic E-state index is -0.694. The van der Waals surface area contributed by atoms with E-state index in [1.807, 2.05) is 6.07 Å². The van der Waals surface area contributed by atoms with Crippen LogP contribution in [0.5, 0.6) is 5.75 Å². The van der Waals surface area contributed by atoms with Crippen molar-refractivity contribution in [3.63, 3.8) is 0 Å². The number of pyridine rings is 1. The maximum Gasteiger partial charge on any atom is 0.353 e. The van der Waals surface area contributed by atoms with Gasteiger partial charge in [-0.05, 0) is 29.1 Å². The summed E-state index contributed by atoms with van der Waals surface area (Å²) in [5, 5.41) is 20.4. The number of nitrogens with one attached hydrogen (secondary N) is 1. The molecule has 0 radical (unpaired) electrons. The van der Waals surface area contributed by atoms with Crippen molar-refractivity contribution in [1.29, 1.82) is 10.5 Å². The number of hydrogen-bond acceptors (Lipinski definition) is 7. The van der Waals surface area contributed by atoms with E-state index in [1.165, 1.54) is 17.4 Å². The summed E-state index contributed by atoms with van der Waals surface area (Å²) >= 11 is 1.24. The number of nitrogens with zero attached hydrogens (tertiary/aromatic N) is 2. The molecule has 2 heterocycles. The molecular weight excluding hydrogens is 352 g/mol. The topological polar surface area (TPSA) is 133 Å². The SMILES string of the molecule is N#Cc1c(N)[nH]c(=O)c(C#N)c1-c1cccc(OC(=O)c2cccs2)c1. The van der Waals surface area contributed by atoms with Gasteiger partial charge in [0, 0.05) is 5.56 Å². The number of nitriles is 2. The number of nitrogen functional groups attached to an aromatic ring is 1. The van der Waals surface area contributed by atoms with Gasteiger partial charge < -0.3 is 15.5 Å². The van der Waals surface area contributed by atoms with E-state index in [0.29, 0.717) is 10.4 Å². The lowest BCUT2D eigenvalue weighted by molar-refractivity contribution is 0.0740. The number of carbonyl (C=O) groups excluding carboxylic acids is 1. The van der Waals surface area contributed by atoms with Crippen molar-refractivity contribution in [2.45, 2.75) is 0 Å². The Balaban J connectivity index is 2.10. The molecule has 26 heavy (non-hydrogen) atoms. The fourth-order valence-corrected chi connectivity index (χ4v) is 3.00. The first-order valence-electron chi connectivity index (χ1n) is 7.27. The zero-order chi connectivity index (χ0) is 18.7. The fraction of sp³-hybridized carbons (Fsp3) is 0. The molecule has 3 rings (SSSR count). The van der Waals surface area contributed by atoms with Gasteiger partial charge in [-0.2, -0.15) is 10.5 Å². The molecule has 0 unspecified atom stereocenters. The molecule has 0 aliphatic carbocycles. The van der Waals surface area contributed by atoms with E-state index in [9.17, 15) is 20.1 Å². The minimum absolute atomic E-state index is 0.0251. The Morgan fingerprint density at radius 3 is 2.58 bits per heavy atom. The summed E-state index contributed by atoms with van der Waals surface area (Å²) in [5.74, 6) is -0.441. The highest BCUT2D eigenvalue weighted by Crippen LogP contribution is 2.30. The molecule has 3 aromatic rings. The van der Waals surface area contributed by atoms with Crippen LogP contribution in [0, 0.1) is 22.7 Å². The average molecular weight is 362 g/mol. The number of carbonyl (C=O) groups is 1. The molecule has 0 fully saturated rings. The van der Waals surface area contributed by atoms with Crippen LogP contribution in [0.25, 0.3) is 11.1 Å². The predicted octanol–water partition coefficient (Wildman–Crippen LogP) is 2.65. The molecule has 0 atom stereocenters. The van der Waals surface area contributed by atoms with Crippen molar-refractivity contribution >= 4 is 23.1 Å². The van der Waals surface area contributed by atoms with Crippen molar-refractivity contribution in [2.24, 2.45) is 0 Å². The molecule has 0 saturated carbocycles. The van der Waals surface area contributed by atoms with Gasteiger partial charge in [-0.1, -0.05) is 18.2 Å². The van der Waals surface area contributed by atoms with Gasteiger partial charge in [0.1, 0.15) is 39.7 Å². The number of benzene rings is 1. The number of rotatable bonds is 3. The molecule has 8 heteroatoms. The third kappa shape index (κ3) is 3.05. The van der Waals surface area contributed by atoms with Gasteiger partial charge in [0.2, 0.25) is 0 Å². The van der Waals surface area contributed by atoms with E-state index in [4.69, 9.17) is 10.5 Å². The van der Waals surface area contributed by atoms with Crippen LogP contribution < -0.4 is 16.0 Å². The summed E-state index contributed by atoms with van der Waals surface area (Å²) in [6, 6.07) is 13.3. The number of hydrogen-bond donors (Lipinski definition) is 2. The molecule has 0 spiro atoms. The van der Waals surface area contributed by atoms with E-state index >= 15 is 0 Å². The molecule has 0 saturated heterocycles. The number of aromatic nitrogens is 1. The third-order valence-corrected chi connectivity index (χ3v) is 4.37.